The van der Waals surface area contributed by atoms with Crippen molar-refractivity contribution in [1.29, 1.82) is 0 Å². The van der Waals surface area contributed by atoms with E-state index in [1.54, 1.807) is 6.07 Å². The Balaban J connectivity index is 2.35. The van der Waals surface area contributed by atoms with Crippen LogP contribution in [0.25, 0.3) is 0 Å². The largest absolute Gasteiger partial charge is 0.465 e. The van der Waals surface area contributed by atoms with Crippen LogP contribution >= 0.6 is 0 Å². The van der Waals surface area contributed by atoms with E-state index in [2.05, 4.69) is 4.74 Å². The van der Waals surface area contributed by atoms with Gasteiger partial charge < -0.3 is 14.2 Å². The molecule has 0 saturated carbocycles. The van der Waals surface area contributed by atoms with Crippen LogP contribution in [0.4, 0.5) is 4.39 Å². The number of likely N-dealkylation sites (tertiary alicyclic amines) is 1. The zero-order chi connectivity index (χ0) is 14.0. The number of piperidine rings is 1. The molecule has 0 bridgehead atoms. The molecule has 0 amide bonds. The molecule has 1 saturated heterocycles. The standard InChI is InChI=1S/C13H17FN2O3/c1-15-7-5-11(10(14)8-15)16-6-3-4-9(12(16)17)13(18)19-2/h3-4,6,10-11H,5,7-8H2,1-2H3. The van der Waals surface area contributed by atoms with Crippen molar-refractivity contribution >= 4 is 5.97 Å². The van der Waals surface area contributed by atoms with Crippen LogP contribution in [0, 0.1) is 0 Å². The number of carbonyl (C=O) groups is 1. The summed E-state index contributed by atoms with van der Waals surface area (Å²) in [6.07, 6.45) is 0.948. The van der Waals surface area contributed by atoms with E-state index < -0.39 is 23.7 Å². The molecule has 0 N–H and O–H groups in total. The van der Waals surface area contributed by atoms with Gasteiger partial charge in [-0.05, 0) is 25.6 Å². The summed E-state index contributed by atoms with van der Waals surface area (Å²) in [6, 6.07) is 2.44. The van der Waals surface area contributed by atoms with E-state index in [-0.39, 0.29) is 5.56 Å². The predicted octanol–water partition coefficient (Wildman–Crippen LogP) is 0.850. The number of alkyl halides is 1. The summed E-state index contributed by atoms with van der Waals surface area (Å²) in [5.74, 6) is -0.692. The molecule has 0 aliphatic carbocycles. The lowest BCUT2D eigenvalue weighted by atomic mass is 10.0. The van der Waals surface area contributed by atoms with Gasteiger partial charge in [-0.25, -0.2) is 9.18 Å². The number of aromatic nitrogens is 1. The van der Waals surface area contributed by atoms with Crippen LogP contribution in [0.2, 0.25) is 0 Å². The number of esters is 1. The Morgan fingerprint density at radius 2 is 2.26 bits per heavy atom. The Morgan fingerprint density at radius 1 is 1.53 bits per heavy atom. The fraction of sp³-hybridized carbons (Fsp3) is 0.538. The molecule has 6 heteroatoms. The van der Waals surface area contributed by atoms with E-state index in [0.29, 0.717) is 13.0 Å². The van der Waals surface area contributed by atoms with E-state index in [1.807, 2.05) is 11.9 Å². The first kappa shape index (κ1) is 13.7. The Morgan fingerprint density at radius 3 is 2.89 bits per heavy atom. The van der Waals surface area contributed by atoms with Gasteiger partial charge in [0, 0.05) is 19.3 Å². The number of ether oxygens (including phenoxy) is 1. The zero-order valence-corrected chi connectivity index (χ0v) is 11.0. The Kier molecular flexibility index (Phi) is 3.99. The normalized spacial score (nSPS) is 24.2. The molecule has 2 heterocycles. The second kappa shape index (κ2) is 5.52. The lowest BCUT2D eigenvalue weighted by Crippen LogP contribution is -2.43. The van der Waals surface area contributed by atoms with Crippen molar-refractivity contribution in [3.63, 3.8) is 0 Å². The summed E-state index contributed by atoms with van der Waals surface area (Å²) in [5, 5.41) is 0. The van der Waals surface area contributed by atoms with Gasteiger partial charge in [0.2, 0.25) is 0 Å². The van der Waals surface area contributed by atoms with Crippen molar-refractivity contribution in [1.82, 2.24) is 9.47 Å². The van der Waals surface area contributed by atoms with Gasteiger partial charge in [0.15, 0.2) is 0 Å². The van der Waals surface area contributed by atoms with E-state index in [9.17, 15) is 14.0 Å². The molecular formula is C13H17FN2O3. The van der Waals surface area contributed by atoms with Crippen LogP contribution < -0.4 is 5.56 Å². The topological polar surface area (TPSA) is 51.5 Å². The molecule has 0 spiro atoms. The van der Waals surface area contributed by atoms with Gasteiger partial charge in [0.05, 0.1) is 13.2 Å². The summed E-state index contributed by atoms with van der Waals surface area (Å²) in [4.78, 5) is 25.5. The number of hydrogen-bond donors (Lipinski definition) is 0. The maximum absolute atomic E-state index is 14.1. The van der Waals surface area contributed by atoms with Gasteiger partial charge in [-0.15, -0.1) is 0 Å². The molecule has 2 atom stereocenters. The second-order valence-electron chi connectivity index (χ2n) is 4.76. The Bertz CT molecular complexity index is 529. The first-order valence-electron chi connectivity index (χ1n) is 6.16. The summed E-state index contributed by atoms with van der Waals surface area (Å²) in [5.41, 5.74) is -0.553. The third-order valence-electron chi connectivity index (χ3n) is 3.45. The van der Waals surface area contributed by atoms with Gasteiger partial charge in [-0.1, -0.05) is 0 Å². The highest BCUT2D eigenvalue weighted by molar-refractivity contribution is 5.88. The highest BCUT2D eigenvalue weighted by atomic mass is 19.1. The minimum absolute atomic E-state index is 0.0591. The van der Waals surface area contributed by atoms with Crippen molar-refractivity contribution in [2.45, 2.75) is 18.6 Å². The van der Waals surface area contributed by atoms with Gasteiger partial charge in [-0.3, -0.25) is 4.79 Å². The van der Waals surface area contributed by atoms with Gasteiger partial charge in [0.25, 0.3) is 5.56 Å². The van der Waals surface area contributed by atoms with Crippen LogP contribution in [-0.4, -0.2) is 48.9 Å². The maximum atomic E-state index is 14.1. The lowest BCUT2D eigenvalue weighted by molar-refractivity contribution is 0.0595. The molecular weight excluding hydrogens is 251 g/mol. The molecule has 2 rings (SSSR count). The monoisotopic (exact) mass is 268 g/mol. The van der Waals surface area contributed by atoms with Gasteiger partial charge >= 0.3 is 5.97 Å². The average molecular weight is 268 g/mol. The van der Waals surface area contributed by atoms with Crippen LogP contribution in [0.15, 0.2) is 23.1 Å². The fourth-order valence-corrected chi connectivity index (χ4v) is 2.39. The molecule has 1 aliphatic rings. The molecule has 1 aromatic heterocycles. The Hall–Kier alpha value is -1.69. The zero-order valence-electron chi connectivity index (χ0n) is 11.0. The van der Waals surface area contributed by atoms with Crippen LogP contribution in [-0.2, 0) is 4.74 Å². The minimum atomic E-state index is -1.12. The maximum Gasteiger partial charge on any atom is 0.343 e. The van der Waals surface area contributed by atoms with Crippen LogP contribution in [0.1, 0.15) is 22.8 Å². The third-order valence-corrected chi connectivity index (χ3v) is 3.45. The van der Waals surface area contributed by atoms with Crippen LogP contribution in [0.3, 0.4) is 0 Å². The summed E-state index contributed by atoms with van der Waals surface area (Å²) in [6.45, 7) is 1.01. The molecule has 104 valence electrons. The summed E-state index contributed by atoms with van der Waals surface area (Å²) < 4.78 is 19.9. The van der Waals surface area contributed by atoms with E-state index in [1.165, 1.54) is 23.9 Å². The van der Waals surface area contributed by atoms with Gasteiger partial charge in [0.1, 0.15) is 11.7 Å². The third kappa shape index (κ3) is 2.68. The first-order valence-corrected chi connectivity index (χ1v) is 6.16. The predicted molar refractivity (Wildman–Crippen MR) is 68.1 cm³/mol. The SMILES string of the molecule is COC(=O)c1cccn(C2CCN(C)CC2F)c1=O. The summed E-state index contributed by atoms with van der Waals surface area (Å²) >= 11 is 0. The second-order valence-corrected chi connectivity index (χ2v) is 4.76. The van der Waals surface area contributed by atoms with E-state index in [0.717, 1.165) is 6.54 Å². The lowest BCUT2D eigenvalue weighted by Gasteiger charge is -2.33. The number of carbonyl (C=O) groups excluding carboxylic acids is 1. The van der Waals surface area contributed by atoms with Crippen molar-refractivity contribution in [3.05, 3.63) is 34.2 Å². The van der Waals surface area contributed by atoms with Crippen molar-refractivity contribution in [2.24, 2.45) is 0 Å². The number of nitrogens with zero attached hydrogens (tertiary/aromatic N) is 2. The quantitative estimate of drug-likeness (QED) is 0.746. The molecule has 5 nitrogen and oxygen atoms in total. The van der Waals surface area contributed by atoms with E-state index in [4.69, 9.17) is 0 Å². The molecule has 1 aromatic rings. The fourth-order valence-electron chi connectivity index (χ4n) is 2.39. The first-order chi connectivity index (χ1) is 9.04. The molecule has 1 aliphatic heterocycles. The van der Waals surface area contributed by atoms with Gasteiger partial charge in [-0.2, -0.15) is 0 Å². The highest BCUT2D eigenvalue weighted by Crippen LogP contribution is 2.23. The van der Waals surface area contributed by atoms with Crippen molar-refractivity contribution < 1.29 is 13.9 Å². The molecule has 1 fully saturated rings. The number of methoxy groups -OCH3 is 1. The molecule has 0 radical (unpaired) electrons. The summed E-state index contributed by atoms with van der Waals surface area (Å²) in [7, 11) is 3.06. The highest BCUT2D eigenvalue weighted by Gasteiger charge is 2.30. The average Bonchev–Trinajstić information content (AvgIpc) is 2.39. The number of halogens is 1. The van der Waals surface area contributed by atoms with E-state index >= 15 is 0 Å². The minimum Gasteiger partial charge on any atom is -0.465 e. The molecule has 2 unspecified atom stereocenters. The van der Waals surface area contributed by atoms with Crippen molar-refractivity contribution in [3.8, 4) is 0 Å². The Labute approximate surface area is 110 Å². The molecule has 0 aromatic carbocycles. The van der Waals surface area contributed by atoms with Crippen molar-refractivity contribution in [2.75, 3.05) is 27.2 Å². The number of rotatable bonds is 2. The number of pyridine rings is 1. The number of hydrogen-bond acceptors (Lipinski definition) is 4. The van der Waals surface area contributed by atoms with Crippen LogP contribution in [0.5, 0.6) is 0 Å². The molecule has 19 heavy (non-hydrogen) atoms. The smallest absolute Gasteiger partial charge is 0.343 e.